The highest BCUT2D eigenvalue weighted by atomic mass is 32.2. The minimum atomic E-state index is 0.0677. The van der Waals surface area contributed by atoms with Gasteiger partial charge in [-0.1, -0.05) is 128 Å². The molecule has 0 heterocycles. The number of hydrogen-bond acceptors (Lipinski definition) is 2. The van der Waals surface area contributed by atoms with Crippen molar-refractivity contribution in [1.82, 2.24) is 0 Å². The molecular weight excluding hydrogens is 456 g/mol. The molecule has 0 bridgehead atoms. The molecule has 0 unspecified atom stereocenters. The van der Waals surface area contributed by atoms with Crippen molar-refractivity contribution in [3.63, 3.8) is 0 Å². The van der Waals surface area contributed by atoms with Crippen molar-refractivity contribution in [1.29, 1.82) is 0 Å². The lowest BCUT2D eigenvalue weighted by molar-refractivity contribution is 0.104. The molecule has 0 aliphatic heterocycles. The number of thioether (sulfide) groups is 1. The SMILES string of the molecule is CCCCCCCCCCCCCCCSc1ccc(C(=O)/C=C/c2ccc(CCCC)cc2)cc1. The quantitative estimate of drug-likeness (QED) is 0.0724. The van der Waals surface area contributed by atoms with Crippen molar-refractivity contribution in [2.45, 2.75) is 121 Å². The van der Waals surface area contributed by atoms with Crippen LogP contribution in [0.3, 0.4) is 0 Å². The fraction of sp³-hybridized carbons (Fsp3) is 0.559. The first kappa shape index (κ1) is 30.4. The van der Waals surface area contributed by atoms with Crippen LogP contribution in [0.5, 0.6) is 0 Å². The van der Waals surface area contributed by atoms with E-state index < -0.39 is 0 Å². The molecular formula is C34H50OS. The van der Waals surface area contributed by atoms with E-state index in [1.165, 1.54) is 113 Å². The van der Waals surface area contributed by atoms with Crippen molar-refractivity contribution in [3.8, 4) is 0 Å². The van der Waals surface area contributed by atoms with Gasteiger partial charge in [-0.25, -0.2) is 0 Å². The smallest absolute Gasteiger partial charge is 0.185 e. The van der Waals surface area contributed by atoms with Crippen molar-refractivity contribution in [2.24, 2.45) is 0 Å². The molecule has 0 fully saturated rings. The molecule has 1 nitrogen and oxygen atoms in total. The van der Waals surface area contributed by atoms with Gasteiger partial charge in [0.05, 0.1) is 0 Å². The Labute approximate surface area is 226 Å². The molecule has 36 heavy (non-hydrogen) atoms. The van der Waals surface area contributed by atoms with E-state index in [1.807, 2.05) is 30.0 Å². The molecule has 0 N–H and O–H groups in total. The second-order valence-corrected chi connectivity index (χ2v) is 11.3. The van der Waals surface area contributed by atoms with Crippen molar-refractivity contribution in [3.05, 3.63) is 71.3 Å². The highest BCUT2D eigenvalue weighted by molar-refractivity contribution is 7.99. The Balaban J connectivity index is 1.53. The number of hydrogen-bond donors (Lipinski definition) is 0. The highest BCUT2D eigenvalue weighted by Gasteiger charge is 2.03. The first-order valence-corrected chi connectivity index (χ1v) is 15.8. The lowest BCUT2D eigenvalue weighted by Crippen LogP contribution is -1.93. The topological polar surface area (TPSA) is 17.1 Å². The van der Waals surface area contributed by atoms with Crippen LogP contribution in [0.25, 0.3) is 6.08 Å². The first-order chi connectivity index (χ1) is 17.7. The molecule has 2 rings (SSSR count). The maximum Gasteiger partial charge on any atom is 0.185 e. The number of aryl methyl sites for hydroxylation is 1. The number of benzene rings is 2. The Morgan fingerprint density at radius 1 is 0.639 bits per heavy atom. The third-order valence-electron chi connectivity index (χ3n) is 6.88. The molecule has 0 saturated heterocycles. The lowest BCUT2D eigenvalue weighted by Gasteiger charge is -2.04. The zero-order valence-electron chi connectivity index (χ0n) is 23.1. The Morgan fingerprint density at radius 3 is 1.72 bits per heavy atom. The van der Waals surface area contributed by atoms with Crippen molar-refractivity contribution >= 4 is 23.6 Å². The summed E-state index contributed by atoms with van der Waals surface area (Å²) in [6.07, 6.45) is 25.3. The van der Waals surface area contributed by atoms with Gasteiger partial charge >= 0.3 is 0 Å². The van der Waals surface area contributed by atoms with E-state index in [9.17, 15) is 4.79 Å². The van der Waals surface area contributed by atoms with Gasteiger partial charge in [-0.2, -0.15) is 0 Å². The number of rotatable bonds is 21. The number of carbonyl (C=O) groups is 1. The van der Waals surface area contributed by atoms with Crippen LogP contribution < -0.4 is 0 Å². The number of unbranched alkanes of at least 4 members (excludes halogenated alkanes) is 13. The van der Waals surface area contributed by atoms with Gasteiger partial charge in [-0.15, -0.1) is 11.8 Å². The molecule has 0 aromatic heterocycles. The van der Waals surface area contributed by atoms with Crippen LogP contribution in [0.4, 0.5) is 0 Å². The summed E-state index contributed by atoms with van der Waals surface area (Å²) >= 11 is 1.91. The normalized spacial score (nSPS) is 11.4. The first-order valence-electron chi connectivity index (χ1n) is 14.8. The van der Waals surface area contributed by atoms with Gasteiger partial charge in [0, 0.05) is 10.5 Å². The lowest BCUT2D eigenvalue weighted by atomic mass is 10.1. The van der Waals surface area contributed by atoms with Crippen LogP contribution in [0.15, 0.2) is 59.5 Å². The second-order valence-electron chi connectivity index (χ2n) is 10.2. The molecule has 198 valence electrons. The van der Waals surface area contributed by atoms with Gasteiger partial charge in [0.2, 0.25) is 0 Å². The second kappa shape index (κ2) is 20.3. The zero-order valence-corrected chi connectivity index (χ0v) is 23.9. The molecule has 0 aliphatic rings. The standard InChI is InChI=1S/C34H50OS/c1-3-5-7-8-9-10-11-12-13-14-15-16-17-29-36-33-26-24-32(25-27-33)34(35)28-23-31-21-19-30(20-22-31)18-6-4-2/h19-28H,3-18,29H2,1-2H3/b28-23+. The average molecular weight is 507 g/mol. The van der Waals surface area contributed by atoms with Crippen LogP contribution >= 0.6 is 11.8 Å². The predicted octanol–water partition coefficient (Wildman–Crippen LogP) is 11.1. The molecule has 0 saturated carbocycles. The molecule has 0 atom stereocenters. The Morgan fingerprint density at radius 2 is 1.17 bits per heavy atom. The molecule has 0 amide bonds. The third-order valence-corrected chi connectivity index (χ3v) is 7.98. The fourth-order valence-corrected chi connectivity index (χ4v) is 5.38. The molecule has 0 spiro atoms. The Kier molecular flexibility index (Phi) is 17.1. The molecule has 2 aromatic rings. The zero-order chi connectivity index (χ0) is 25.7. The summed E-state index contributed by atoms with van der Waals surface area (Å²) in [6, 6.07) is 16.7. The van der Waals surface area contributed by atoms with Crippen LogP contribution in [-0.4, -0.2) is 11.5 Å². The third kappa shape index (κ3) is 14.1. The monoisotopic (exact) mass is 506 g/mol. The van der Waals surface area contributed by atoms with Crippen molar-refractivity contribution in [2.75, 3.05) is 5.75 Å². The van der Waals surface area contributed by atoms with Gasteiger partial charge in [0.15, 0.2) is 5.78 Å². The van der Waals surface area contributed by atoms with E-state index in [1.54, 1.807) is 6.08 Å². The summed E-state index contributed by atoms with van der Waals surface area (Å²) in [5.74, 6) is 1.23. The maximum absolute atomic E-state index is 12.5. The molecule has 0 aliphatic carbocycles. The molecule has 2 aromatic carbocycles. The van der Waals surface area contributed by atoms with Crippen LogP contribution in [-0.2, 0) is 6.42 Å². The van der Waals surface area contributed by atoms with Gasteiger partial charge in [-0.05, 0) is 66.5 Å². The number of ketones is 1. The van der Waals surface area contributed by atoms with E-state index in [2.05, 4.69) is 50.2 Å². The minimum absolute atomic E-state index is 0.0677. The van der Waals surface area contributed by atoms with Gasteiger partial charge in [0.1, 0.15) is 0 Å². The van der Waals surface area contributed by atoms with Gasteiger partial charge in [0.25, 0.3) is 0 Å². The van der Waals surface area contributed by atoms with E-state index in [4.69, 9.17) is 0 Å². The summed E-state index contributed by atoms with van der Waals surface area (Å²) in [6.45, 7) is 4.50. The minimum Gasteiger partial charge on any atom is -0.289 e. The van der Waals surface area contributed by atoms with Crippen LogP contribution in [0.2, 0.25) is 0 Å². The highest BCUT2D eigenvalue weighted by Crippen LogP contribution is 2.21. The fourth-order valence-electron chi connectivity index (χ4n) is 4.47. The van der Waals surface area contributed by atoms with E-state index in [0.29, 0.717) is 0 Å². The van der Waals surface area contributed by atoms with Gasteiger partial charge in [-0.3, -0.25) is 4.79 Å². The molecule has 2 heteroatoms. The van der Waals surface area contributed by atoms with E-state index >= 15 is 0 Å². The van der Waals surface area contributed by atoms with E-state index in [-0.39, 0.29) is 5.78 Å². The Hall–Kier alpha value is -1.80. The number of allylic oxidation sites excluding steroid dienone is 1. The van der Waals surface area contributed by atoms with Crippen LogP contribution in [0, 0.1) is 0 Å². The van der Waals surface area contributed by atoms with Gasteiger partial charge < -0.3 is 0 Å². The summed E-state index contributed by atoms with van der Waals surface area (Å²) in [7, 11) is 0. The summed E-state index contributed by atoms with van der Waals surface area (Å²) < 4.78 is 0. The number of carbonyl (C=O) groups excluding carboxylic acids is 1. The van der Waals surface area contributed by atoms with Crippen LogP contribution in [0.1, 0.15) is 132 Å². The summed E-state index contributed by atoms with van der Waals surface area (Å²) in [5.41, 5.74) is 3.21. The van der Waals surface area contributed by atoms with E-state index in [0.717, 1.165) is 17.5 Å². The summed E-state index contributed by atoms with van der Waals surface area (Å²) in [4.78, 5) is 13.8. The predicted molar refractivity (Wildman–Crippen MR) is 161 cm³/mol. The Bertz CT molecular complexity index is 834. The largest absolute Gasteiger partial charge is 0.289 e. The maximum atomic E-state index is 12.5. The average Bonchev–Trinajstić information content (AvgIpc) is 2.91. The van der Waals surface area contributed by atoms with Crippen molar-refractivity contribution < 1.29 is 4.79 Å². The molecule has 0 radical (unpaired) electrons. The summed E-state index contributed by atoms with van der Waals surface area (Å²) in [5, 5.41) is 0.